The number of benzene rings is 1. The van der Waals surface area contributed by atoms with Crippen molar-refractivity contribution >= 4 is 17.6 Å². The summed E-state index contributed by atoms with van der Waals surface area (Å²) >= 11 is 5.94. The number of hydrogen-bond acceptors (Lipinski definition) is 5. The van der Waals surface area contributed by atoms with Crippen molar-refractivity contribution in [3.63, 3.8) is 0 Å². The summed E-state index contributed by atoms with van der Waals surface area (Å²) in [5.41, 5.74) is 6.04. The van der Waals surface area contributed by atoms with Crippen LogP contribution >= 0.6 is 11.6 Å². The quantitative estimate of drug-likeness (QED) is 0.463. The van der Waals surface area contributed by atoms with Gasteiger partial charge < -0.3 is 15.4 Å². The van der Waals surface area contributed by atoms with Crippen LogP contribution < -0.4 is 5.73 Å². The van der Waals surface area contributed by atoms with Gasteiger partial charge >= 0.3 is 18.3 Å². The number of carbonyl (C=O) groups is 1. The summed E-state index contributed by atoms with van der Waals surface area (Å²) in [5, 5.41) is 10.7. The van der Waals surface area contributed by atoms with Crippen molar-refractivity contribution in [3.8, 4) is 11.4 Å². The highest BCUT2D eigenvalue weighted by molar-refractivity contribution is 6.33. The minimum absolute atomic E-state index is 0.0247. The molecule has 0 bridgehead atoms. The van der Waals surface area contributed by atoms with Crippen LogP contribution in [0.3, 0.4) is 0 Å². The van der Waals surface area contributed by atoms with Gasteiger partial charge in [-0.15, -0.1) is 0 Å². The monoisotopic (exact) mass is 517 g/mol. The van der Waals surface area contributed by atoms with Crippen LogP contribution in [0.1, 0.15) is 50.0 Å². The Balaban J connectivity index is 0.000000509. The highest BCUT2D eigenvalue weighted by Crippen LogP contribution is 2.36. The zero-order chi connectivity index (χ0) is 25.8. The molecule has 1 aromatic carbocycles. The molecule has 1 saturated carbocycles. The molecule has 0 aliphatic heterocycles. The molecule has 1 unspecified atom stereocenters. The summed E-state index contributed by atoms with van der Waals surface area (Å²) in [6.07, 6.45) is -6.30. The second kappa shape index (κ2) is 10.7. The third-order valence-corrected chi connectivity index (χ3v) is 5.30. The minimum Gasteiger partial charge on any atom is -0.475 e. The van der Waals surface area contributed by atoms with Gasteiger partial charge in [0.05, 0.1) is 22.5 Å². The molecule has 1 aromatic heterocycles. The van der Waals surface area contributed by atoms with Crippen molar-refractivity contribution in [2.75, 3.05) is 0 Å². The number of aliphatic carboxylic acids is 1. The van der Waals surface area contributed by atoms with Crippen LogP contribution in [0.25, 0.3) is 11.4 Å². The first-order valence-corrected chi connectivity index (χ1v) is 10.1. The second-order valence-electron chi connectivity index (χ2n) is 7.42. The summed E-state index contributed by atoms with van der Waals surface area (Å²) in [4.78, 5) is 13.0. The van der Waals surface area contributed by atoms with Gasteiger partial charge in [0.25, 0.3) is 0 Å². The predicted octanol–water partition coefficient (Wildman–Crippen LogP) is 6.27. The van der Waals surface area contributed by atoms with Gasteiger partial charge in [0.1, 0.15) is 5.83 Å². The van der Waals surface area contributed by atoms with E-state index in [0.29, 0.717) is 12.8 Å². The van der Waals surface area contributed by atoms with Gasteiger partial charge in [-0.05, 0) is 49.5 Å². The molecule has 2 atom stereocenters. The Morgan fingerprint density at radius 3 is 2.21 bits per heavy atom. The average Bonchev–Trinajstić information content (AvgIpc) is 3.43. The molecule has 0 amide bonds. The fourth-order valence-electron chi connectivity index (χ4n) is 3.05. The molecule has 1 heterocycles. The van der Waals surface area contributed by atoms with E-state index in [4.69, 9.17) is 31.8 Å². The van der Waals surface area contributed by atoms with E-state index < -0.39 is 35.8 Å². The van der Waals surface area contributed by atoms with Crippen LogP contribution in [0.15, 0.2) is 34.1 Å². The first-order chi connectivity index (χ1) is 15.6. The van der Waals surface area contributed by atoms with E-state index in [1.54, 1.807) is 6.92 Å². The molecule has 1 aliphatic rings. The van der Waals surface area contributed by atoms with Crippen LogP contribution in [0, 0.1) is 0 Å². The average molecular weight is 518 g/mol. The first-order valence-electron chi connectivity index (χ1n) is 9.76. The SMILES string of the molecule is CC(c1nc(-c2ccc(C(F)(F)F)cc2Cl)no1)[C@H](N)C(F)=C1CCCC1.O=C(O)C(F)(F)F. The largest absolute Gasteiger partial charge is 0.490 e. The van der Waals surface area contributed by atoms with Crippen molar-refractivity contribution in [2.45, 2.75) is 56.9 Å². The summed E-state index contributed by atoms with van der Waals surface area (Å²) in [5.74, 6) is -3.58. The van der Waals surface area contributed by atoms with Gasteiger partial charge in [-0.25, -0.2) is 9.18 Å². The molecule has 3 N–H and O–H groups in total. The molecule has 14 heteroatoms. The number of alkyl halides is 6. The smallest absolute Gasteiger partial charge is 0.475 e. The lowest BCUT2D eigenvalue weighted by atomic mass is 9.98. The van der Waals surface area contributed by atoms with Crippen LogP contribution in [0.4, 0.5) is 30.7 Å². The number of carboxylic acids is 1. The van der Waals surface area contributed by atoms with E-state index in [1.807, 2.05) is 0 Å². The van der Waals surface area contributed by atoms with Gasteiger partial charge in [-0.3, -0.25) is 0 Å². The molecule has 1 fully saturated rings. The molecule has 2 aromatic rings. The minimum atomic E-state index is -5.08. The maximum absolute atomic E-state index is 14.5. The van der Waals surface area contributed by atoms with Crippen molar-refractivity contribution < 1.29 is 45.2 Å². The standard InChI is InChI=1S/C18H18ClF4N3O.C2HF3O2/c1-9(15(24)14(20)10-4-2-3-5-10)17-25-16(26-27-17)12-7-6-11(8-13(12)19)18(21,22)23;3-2(4,5)1(6)7/h6-9,15H,2-5,24H2,1H3;(H,6,7)/t9?,15-;/m0./s1. The molecule has 3 rings (SSSR count). The number of carboxylic acid groups (broad SMARTS) is 1. The highest BCUT2D eigenvalue weighted by atomic mass is 35.5. The summed E-state index contributed by atoms with van der Waals surface area (Å²) in [6, 6.07) is 1.93. The van der Waals surface area contributed by atoms with Crippen LogP contribution in [-0.2, 0) is 11.0 Å². The lowest BCUT2D eigenvalue weighted by Crippen LogP contribution is -2.28. The highest BCUT2D eigenvalue weighted by Gasteiger charge is 2.38. The number of allylic oxidation sites excluding steroid dienone is 1. The lowest BCUT2D eigenvalue weighted by Gasteiger charge is -2.16. The molecule has 0 spiro atoms. The number of hydrogen-bond donors (Lipinski definition) is 2. The normalized spacial score (nSPS) is 16.0. The Hall–Kier alpha value is -2.67. The van der Waals surface area contributed by atoms with E-state index in [0.717, 1.165) is 30.5 Å². The first kappa shape index (κ1) is 27.6. The van der Waals surface area contributed by atoms with E-state index >= 15 is 0 Å². The van der Waals surface area contributed by atoms with Gasteiger partial charge in [-0.2, -0.15) is 31.3 Å². The summed E-state index contributed by atoms with van der Waals surface area (Å²) in [7, 11) is 0. The fourth-order valence-corrected chi connectivity index (χ4v) is 3.32. The lowest BCUT2D eigenvalue weighted by molar-refractivity contribution is -0.192. The zero-order valence-electron chi connectivity index (χ0n) is 17.5. The number of nitrogens with zero attached hydrogens (tertiary/aromatic N) is 2. The number of halogens is 8. The Kier molecular flexibility index (Phi) is 8.70. The molecule has 0 saturated heterocycles. The maximum atomic E-state index is 14.5. The number of aromatic nitrogens is 2. The maximum Gasteiger partial charge on any atom is 0.490 e. The van der Waals surface area contributed by atoms with E-state index in [2.05, 4.69) is 10.1 Å². The Morgan fingerprint density at radius 1 is 1.18 bits per heavy atom. The third-order valence-electron chi connectivity index (χ3n) is 4.99. The molecule has 6 nitrogen and oxygen atoms in total. The van der Waals surface area contributed by atoms with Crippen molar-refractivity contribution in [2.24, 2.45) is 5.73 Å². The van der Waals surface area contributed by atoms with E-state index in [-0.39, 0.29) is 28.1 Å². The summed E-state index contributed by atoms with van der Waals surface area (Å²) in [6.45, 7) is 1.66. The number of nitrogens with two attached hydrogens (primary N) is 1. The van der Waals surface area contributed by atoms with Crippen LogP contribution in [-0.4, -0.2) is 33.4 Å². The van der Waals surface area contributed by atoms with Gasteiger partial charge in [0.2, 0.25) is 11.7 Å². The Bertz CT molecular complexity index is 1040. The zero-order valence-corrected chi connectivity index (χ0v) is 18.2. The summed E-state index contributed by atoms with van der Waals surface area (Å²) < 4.78 is 89.6. The molecular weight excluding hydrogens is 499 g/mol. The Morgan fingerprint density at radius 2 is 1.74 bits per heavy atom. The fraction of sp³-hybridized carbons (Fsp3) is 0.450. The van der Waals surface area contributed by atoms with Crippen LogP contribution in [0.2, 0.25) is 5.02 Å². The van der Waals surface area contributed by atoms with Crippen molar-refractivity contribution in [1.82, 2.24) is 10.1 Å². The third kappa shape index (κ3) is 6.92. The molecule has 1 aliphatic carbocycles. The van der Waals surface area contributed by atoms with E-state index in [1.165, 1.54) is 6.07 Å². The van der Waals surface area contributed by atoms with Crippen LogP contribution in [0.5, 0.6) is 0 Å². The second-order valence-corrected chi connectivity index (χ2v) is 7.83. The van der Waals surface area contributed by atoms with Gasteiger partial charge in [0, 0.05) is 5.56 Å². The van der Waals surface area contributed by atoms with E-state index in [9.17, 15) is 30.7 Å². The number of rotatable bonds is 4. The molecule has 0 radical (unpaired) electrons. The molecule has 188 valence electrons. The van der Waals surface area contributed by atoms with Gasteiger partial charge in [0.15, 0.2) is 0 Å². The van der Waals surface area contributed by atoms with Crippen molar-refractivity contribution in [1.29, 1.82) is 0 Å². The molecule has 34 heavy (non-hydrogen) atoms. The van der Waals surface area contributed by atoms with Gasteiger partial charge in [-0.1, -0.05) is 23.7 Å². The molecular formula is C20H19ClF7N3O3. The Labute approximate surface area is 193 Å². The van der Waals surface area contributed by atoms with Crippen molar-refractivity contribution in [3.05, 3.63) is 46.1 Å². The predicted molar refractivity (Wildman–Crippen MR) is 106 cm³/mol. The topological polar surface area (TPSA) is 102 Å².